The van der Waals surface area contributed by atoms with Gasteiger partial charge in [0.15, 0.2) is 0 Å². The van der Waals surface area contributed by atoms with Crippen LogP contribution in [0.15, 0.2) is 24.3 Å². The van der Waals surface area contributed by atoms with Crippen molar-refractivity contribution in [2.24, 2.45) is 11.7 Å². The van der Waals surface area contributed by atoms with Crippen LogP contribution in [0.2, 0.25) is 0 Å². The molecule has 0 fully saturated rings. The second kappa shape index (κ2) is 6.35. The third-order valence-corrected chi connectivity index (χ3v) is 2.68. The monoisotopic (exact) mass is 238 g/mol. The molecule has 0 aliphatic rings. The number of carbonyl (C=O) groups excluding carboxylic acids is 1. The van der Waals surface area contributed by atoms with Crippen LogP contribution in [0.3, 0.4) is 0 Å². The van der Waals surface area contributed by atoms with Gasteiger partial charge in [-0.3, -0.25) is 4.79 Å². The van der Waals surface area contributed by atoms with E-state index >= 15 is 0 Å². The Labute approximate surface area is 101 Å². The first-order valence-electron chi connectivity index (χ1n) is 5.76. The highest BCUT2D eigenvalue weighted by Crippen LogP contribution is 2.05. The molecule has 0 aromatic heterocycles. The molecule has 0 radical (unpaired) electrons. The third-order valence-electron chi connectivity index (χ3n) is 2.68. The summed E-state index contributed by atoms with van der Waals surface area (Å²) in [6, 6.07) is 5.92. The molecule has 4 heteroatoms. The summed E-state index contributed by atoms with van der Waals surface area (Å²) in [6.45, 7) is 4.44. The Hall–Kier alpha value is -1.42. The first-order chi connectivity index (χ1) is 8.02. The molecule has 0 saturated heterocycles. The number of hydrogen-bond donors (Lipinski definition) is 2. The number of benzene rings is 1. The van der Waals surface area contributed by atoms with Gasteiger partial charge in [0, 0.05) is 12.6 Å². The molecule has 94 valence electrons. The van der Waals surface area contributed by atoms with Crippen LogP contribution in [0.25, 0.3) is 0 Å². The SMILES string of the molecule is CC(C)C(CN)NC(=O)Cc1ccc(F)cc1. The summed E-state index contributed by atoms with van der Waals surface area (Å²) < 4.78 is 12.7. The molecular formula is C13H19FN2O. The van der Waals surface area contributed by atoms with E-state index in [0.29, 0.717) is 12.5 Å². The van der Waals surface area contributed by atoms with Gasteiger partial charge in [0.2, 0.25) is 5.91 Å². The topological polar surface area (TPSA) is 55.1 Å². The number of hydrogen-bond acceptors (Lipinski definition) is 2. The molecular weight excluding hydrogens is 219 g/mol. The largest absolute Gasteiger partial charge is 0.352 e. The van der Waals surface area contributed by atoms with Crippen LogP contribution in [0.4, 0.5) is 4.39 Å². The predicted octanol–water partition coefficient (Wildman–Crippen LogP) is 1.47. The maximum atomic E-state index is 12.7. The fraction of sp³-hybridized carbons (Fsp3) is 0.462. The highest BCUT2D eigenvalue weighted by Gasteiger charge is 2.14. The molecule has 1 atom stereocenters. The highest BCUT2D eigenvalue weighted by molar-refractivity contribution is 5.78. The van der Waals surface area contributed by atoms with Gasteiger partial charge in [-0.05, 0) is 23.6 Å². The van der Waals surface area contributed by atoms with Crippen LogP contribution in [0.5, 0.6) is 0 Å². The predicted molar refractivity (Wildman–Crippen MR) is 65.9 cm³/mol. The zero-order chi connectivity index (χ0) is 12.8. The van der Waals surface area contributed by atoms with Crippen molar-refractivity contribution in [3.63, 3.8) is 0 Å². The van der Waals surface area contributed by atoms with Crippen molar-refractivity contribution in [1.82, 2.24) is 5.32 Å². The van der Waals surface area contributed by atoms with Gasteiger partial charge in [-0.25, -0.2) is 4.39 Å². The van der Waals surface area contributed by atoms with Gasteiger partial charge in [0.25, 0.3) is 0 Å². The molecule has 1 rings (SSSR count). The minimum atomic E-state index is -0.295. The minimum absolute atomic E-state index is 0.0112. The molecule has 1 aromatic carbocycles. The van der Waals surface area contributed by atoms with Gasteiger partial charge in [0.1, 0.15) is 5.82 Å². The molecule has 1 aromatic rings. The van der Waals surface area contributed by atoms with Gasteiger partial charge in [0.05, 0.1) is 6.42 Å². The van der Waals surface area contributed by atoms with E-state index in [4.69, 9.17) is 5.73 Å². The second-order valence-corrected chi connectivity index (χ2v) is 4.46. The molecule has 3 N–H and O–H groups in total. The van der Waals surface area contributed by atoms with Crippen LogP contribution < -0.4 is 11.1 Å². The van der Waals surface area contributed by atoms with Crippen LogP contribution in [-0.4, -0.2) is 18.5 Å². The average Bonchev–Trinajstić information content (AvgIpc) is 2.28. The first-order valence-corrected chi connectivity index (χ1v) is 5.76. The summed E-state index contributed by atoms with van der Waals surface area (Å²) in [6.07, 6.45) is 0.253. The number of nitrogens with two attached hydrogens (primary N) is 1. The molecule has 1 amide bonds. The Morgan fingerprint density at radius 2 is 1.94 bits per heavy atom. The number of carbonyl (C=O) groups is 1. The summed E-state index contributed by atoms with van der Waals surface area (Å²) in [5, 5.41) is 2.87. The average molecular weight is 238 g/mol. The summed E-state index contributed by atoms with van der Waals surface area (Å²) in [5.41, 5.74) is 6.37. The normalized spacial score (nSPS) is 12.5. The zero-order valence-electron chi connectivity index (χ0n) is 10.2. The van der Waals surface area contributed by atoms with E-state index in [9.17, 15) is 9.18 Å². The van der Waals surface area contributed by atoms with Crippen molar-refractivity contribution in [2.75, 3.05) is 6.54 Å². The molecule has 0 aliphatic carbocycles. The van der Waals surface area contributed by atoms with E-state index in [-0.39, 0.29) is 24.2 Å². The summed E-state index contributed by atoms with van der Waals surface area (Å²) in [5.74, 6) is -0.0749. The van der Waals surface area contributed by atoms with Crippen LogP contribution >= 0.6 is 0 Å². The number of nitrogens with one attached hydrogen (secondary N) is 1. The van der Waals surface area contributed by atoms with Gasteiger partial charge < -0.3 is 11.1 Å². The van der Waals surface area contributed by atoms with Crippen molar-refractivity contribution < 1.29 is 9.18 Å². The Bertz CT molecular complexity index is 362. The summed E-state index contributed by atoms with van der Waals surface area (Å²) >= 11 is 0. The molecule has 0 spiro atoms. The molecule has 1 unspecified atom stereocenters. The van der Waals surface area contributed by atoms with Crippen LogP contribution in [0, 0.1) is 11.7 Å². The quantitative estimate of drug-likeness (QED) is 0.816. The van der Waals surface area contributed by atoms with Crippen molar-refractivity contribution in [2.45, 2.75) is 26.3 Å². The fourth-order valence-corrected chi connectivity index (χ4v) is 1.54. The maximum absolute atomic E-state index is 12.7. The molecule has 0 heterocycles. The van der Waals surface area contributed by atoms with E-state index in [1.807, 2.05) is 13.8 Å². The van der Waals surface area contributed by atoms with E-state index < -0.39 is 0 Å². The number of amides is 1. The Morgan fingerprint density at radius 1 is 1.35 bits per heavy atom. The molecule has 0 saturated carbocycles. The third kappa shape index (κ3) is 4.53. The van der Waals surface area contributed by atoms with E-state index in [2.05, 4.69) is 5.32 Å². The lowest BCUT2D eigenvalue weighted by Gasteiger charge is -2.20. The van der Waals surface area contributed by atoms with Gasteiger partial charge >= 0.3 is 0 Å². The minimum Gasteiger partial charge on any atom is -0.352 e. The second-order valence-electron chi connectivity index (χ2n) is 4.46. The highest BCUT2D eigenvalue weighted by atomic mass is 19.1. The molecule has 0 bridgehead atoms. The van der Waals surface area contributed by atoms with Crippen molar-refractivity contribution in [3.8, 4) is 0 Å². The van der Waals surface area contributed by atoms with Crippen molar-refractivity contribution in [1.29, 1.82) is 0 Å². The van der Waals surface area contributed by atoms with Gasteiger partial charge in [-0.15, -0.1) is 0 Å². The lowest BCUT2D eigenvalue weighted by molar-refractivity contribution is -0.121. The number of rotatable bonds is 5. The molecule has 17 heavy (non-hydrogen) atoms. The van der Waals surface area contributed by atoms with Crippen LogP contribution in [0.1, 0.15) is 19.4 Å². The lowest BCUT2D eigenvalue weighted by atomic mass is 10.0. The van der Waals surface area contributed by atoms with Gasteiger partial charge in [-0.2, -0.15) is 0 Å². The zero-order valence-corrected chi connectivity index (χ0v) is 10.2. The number of halogens is 1. The van der Waals surface area contributed by atoms with E-state index in [0.717, 1.165) is 5.56 Å². The maximum Gasteiger partial charge on any atom is 0.224 e. The van der Waals surface area contributed by atoms with Crippen LogP contribution in [-0.2, 0) is 11.2 Å². The summed E-state index contributed by atoms with van der Waals surface area (Å²) in [7, 11) is 0. The first kappa shape index (κ1) is 13.6. The summed E-state index contributed by atoms with van der Waals surface area (Å²) in [4.78, 5) is 11.7. The smallest absolute Gasteiger partial charge is 0.224 e. The standard InChI is InChI=1S/C13H19FN2O/c1-9(2)12(8-15)16-13(17)7-10-3-5-11(14)6-4-10/h3-6,9,12H,7-8,15H2,1-2H3,(H,16,17). The van der Waals surface area contributed by atoms with Crippen molar-refractivity contribution >= 4 is 5.91 Å². The lowest BCUT2D eigenvalue weighted by Crippen LogP contribution is -2.44. The Balaban J connectivity index is 2.52. The Kier molecular flexibility index (Phi) is 5.10. The molecule has 0 aliphatic heterocycles. The van der Waals surface area contributed by atoms with E-state index in [1.54, 1.807) is 12.1 Å². The van der Waals surface area contributed by atoms with E-state index in [1.165, 1.54) is 12.1 Å². The fourth-order valence-electron chi connectivity index (χ4n) is 1.54. The van der Waals surface area contributed by atoms with Gasteiger partial charge in [-0.1, -0.05) is 26.0 Å². The Morgan fingerprint density at radius 3 is 2.41 bits per heavy atom. The molecule has 3 nitrogen and oxygen atoms in total. The van der Waals surface area contributed by atoms with Crippen molar-refractivity contribution in [3.05, 3.63) is 35.6 Å².